The average molecular weight is 602 g/mol. The lowest BCUT2D eigenvalue weighted by atomic mass is 10.1. The molecule has 15 heteroatoms. The predicted molar refractivity (Wildman–Crippen MR) is 151 cm³/mol. The molecule has 14 nitrogen and oxygen atoms in total. The molecule has 0 bridgehead atoms. The van der Waals surface area contributed by atoms with Crippen molar-refractivity contribution in [3.8, 4) is 0 Å². The minimum atomic E-state index is -4.22. The van der Waals surface area contributed by atoms with E-state index in [2.05, 4.69) is 21.9 Å². The number of H-pyrrole nitrogens is 1. The van der Waals surface area contributed by atoms with Crippen molar-refractivity contribution in [1.29, 1.82) is 0 Å². The normalized spacial score (nSPS) is 19.9. The molecule has 41 heavy (non-hydrogen) atoms. The summed E-state index contributed by atoms with van der Waals surface area (Å²) in [5, 5.41) is 3.72. The van der Waals surface area contributed by atoms with E-state index in [4.69, 9.17) is 28.6 Å². The van der Waals surface area contributed by atoms with Crippen molar-refractivity contribution in [2.75, 3.05) is 26.4 Å². The zero-order chi connectivity index (χ0) is 30.1. The second kappa shape index (κ2) is 18.9. The number of aromatic nitrogens is 2. The lowest BCUT2D eigenvalue weighted by Gasteiger charge is -2.21. The molecule has 1 aromatic rings. The minimum absolute atomic E-state index is 0.0938. The summed E-state index contributed by atoms with van der Waals surface area (Å²) < 4.78 is 41.5. The molecule has 1 aromatic heterocycles. The molecule has 1 unspecified atom stereocenters. The fraction of sp³-hybridized carbons (Fsp3) is 0.808. The second-order valence-electron chi connectivity index (χ2n) is 9.95. The van der Waals surface area contributed by atoms with Crippen molar-refractivity contribution in [3.63, 3.8) is 0 Å². The maximum atomic E-state index is 13.4. The number of hydrogen-bond acceptors (Lipinski definition) is 10. The Morgan fingerprint density at radius 3 is 2.39 bits per heavy atom. The lowest BCUT2D eigenvalue weighted by Crippen LogP contribution is -2.33. The number of hydrogen-bond donors (Lipinski definition) is 1. The molecule has 1 fully saturated rings. The van der Waals surface area contributed by atoms with E-state index in [1.165, 1.54) is 49.3 Å². The summed E-state index contributed by atoms with van der Waals surface area (Å²) in [4.78, 5) is 40.9. The van der Waals surface area contributed by atoms with E-state index in [9.17, 15) is 18.9 Å². The highest BCUT2D eigenvalue weighted by Crippen LogP contribution is 2.50. The van der Waals surface area contributed by atoms with E-state index in [1.807, 2.05) is 0 Å². The number of esters is 1. The van der Waals surface area contributed by atoms with Crippen molar-refractivity contribution < 1.29 is 32.4 Å². The number of aryl methyl sites for hydroxylation is 1. The van der Waals surface area contributed by atoms with Gasteiger partial charge in [0, 0.05) is 23.1 Å². The van der Waals surface area contributed by atoms with Crippen LogP contribution in [0.2, 0.25) is 0 Å². The van der Waals surface area contributed by atoms with Crippen LogP contribution in [0.5, 0.6) is 0 Å². The smallest absolute Gasteiger partial charge is 0.464 e. The molecule has 1 N–H and O–H groups in total. The van der Waals surface area contributed by atoms with Gasteiger partial charge in [0.25, 0.3) is 5.56 Å². The van der Waals surface area contributed by atoms with E-state index in [1.54, 1.807) is 13.8 Å². The van der Waals surface area contributed by atoms with Gasteiger partial charge in [-0.3, -0.25) is 27.9 Å². The SMILES string of the molecule is CCCCCCCCCCCCOP(=O)(OCC(=O)OCC)OC[C@H]1O[C@@H](n2cc(C)c(=O)[nH]c2=O)C[C@@H]1N=[N+]=[N-]. The number of unbranched alkanes of at least 4 members (excludes halogenated alkanes) is 9. The summed E-state index contributed by atoms with van der Waals surface area (Å²) in [5.74, 6) is -0.726. The Labute approximate surface area is 240 Å². The van der Waals surface area contributed by atoms with Crippen LogP contribution < -0.4 is 11.2 Å². The number of phosphoric acid groups is 1. The maximum Gasteiger partial charge on any atom is 0.475 e. The van der Waals surface area contributed by atoms with Gasteiger partial charge < -0.3 is 9.47 Å². The number of carbonyl (C=O) groups is 1. The fourth-order valence-electron chi connectivity index (χ4n) is 4.40. The zero-order valence-electron chi connectivity index (χ0n) is 24.3. The molecular weight excluding hydrogens is 557 g/mol. The van der Waals surface area contributed by atoms with E-state index < -0.39 is 50.0 Å². The Bertz CT molecular complexity index is 1150. The van der Waals surface area contributed by atoms with Crippen LogP contribution in [0.4, 0.5) is 0 Å². The molecule has 0 spiro atoms. The monoisotopic (exact) mass is 601 g/mol. The summed E-state index contributed by atoms with van der Waals surface area (Å²) >= 11 is 0. The van der Waals surface area contributed by atoms with Crippen LogP contribution in [-0.4, -0.2) is 54.1 Å². The number of aromatic amines is 1. The number of nitrogens with one attached hydrogen (secondary N) is 1. The molecule has 1 aliphatic rings. The van der Waals surface area contributed by atoms with Gasteiger partial charge in [-0.15, -0.1) is 0 Å². The van der Waals surface area contributed by atoms with Crippen molar-refractivity contribution in [3.05, 3.63) is 43.0 Å². The van der Waals surface area contributed by atoms with Gasteiger partial charge >= 0.3 is 19.5 Å². The number of rotatable bonds is 21. The third-order valence-corrected chi connectivity index (χ3v) is 8.06. The summed E-state index contributed by atoms with van der Waals surface area (Å²) in [5.41, 5.74) is 8.11. The van der Waals surface area contributed by atoms with Gasteiger partial charge in [0.15, 0.2) is 6.61 Å². The van der Waals surface area contributed by atoms with Crippen LogP contribution >= 0.6 is 7.82 Å². The topological polar surface area (TPSA) is 184 Å². The van der Waals surface area contributed by atoms with Crippen molar-refractivity contribution in [2.24, 2.45) is 5.11 Å². The van der Waals surface area contributed by atoms with Crippen molar-refractivity contribution in [2.45, 2.75) is 110 Å². The zero-order valence-corrected chi connectivity index (χ0v) is 25.2. The fourth-order valence-corrected chi connectivity index (χ4v) is 5.57. The molecule has 0 aromatic carbocycles. The molecule has 0 aliphatic carbocycles. The van der Waals surface area contributed by atoms with Crippen molar-refractivity contribution in [1.82, 2.24) is 9.55 Å². The van der Waals surface area contributed by atoms with Crippen molar-refractivity contribution >= 4 is 13.8 Å². The Hall–Kier alpha value is -2.47. The van der Waals surface area contributed by atoms with Crippen LogP contribution in [0.15, 0.2) is 20.9 Å². The highest BCUT2D eigenvalue weighted by molar-refractivity contribution is 7.48. The predicted octanol–water partition coefficient (Wildman–Crippen LogP) is 5.45. The highest BCUT2D eigenvalue weighted by Gasteiger charge is 2.39. The van der Waals surface area contributed by atoms with Gasteiger partial charge in [-0.1, -0.05) is 69.8 Å². The number of nitrogens with zero attached hydrogens (tertiary/aromatic N) is 4. The summed E-state index contributed by atoms with van der Waals surface area (Å²) in [6, 6.07) is -0.774. The first kappa shape index (κ1) is 34.7. The van der Waals surface area contributed by atoms with E-state index in [0.717, 1.165) is 19.3 Å². The first-order valence-electron chi connectivity index (χ1n) is 14.4. The molecule has 4 atom stereocenters. The number of azide groups is 1. The lowest BCUT2D eigenvalue weighted by molar-refractivity contribution is -0.146. The van der Waals surface area contributed by atoms with Gasteiger partial charge in [0.2, 0.25) is 0 Å². The maximum absolute atomic E-state index is 13.4. The van der Waals surface area contributed by atoms with Crippen LogP contribution in [0.1, 0.15) is 96.3 Å². The summed E-state index contributed by atoms with van der Waals surface area (Å²) in [6.07, 6.45) is 10.8. The van der Waals surface area contributed by atoms with Gasteiger partial charge in [-0.2, -0.15) is 0 Å². The first-order valence-corrected chi connectivity index (χ1v) is 15.9. The van der Waals surface area contributed by atoms with Crippen LogP contribution in [0.25, 0.3) is 10.4 Å². The van der Waals surface area contributed by atoms with E-state index in [0.29, 0.717) is 12.0 Å². The highest BCUT2D eigenvalue weighted by atomic mass is 31.2. The Morgan fingerprint density at radius 2 is 1.76 bits per heavy atom. The Kier molecular flexibility index (Phi) is 16.0. The molecule has 0 saturated carbocycles. The quantitative estimate of drug-likeness (QED) is 0.0477. The molecule has 0 amide bonds. The van der Waals surface area contributed by atoms with Gasteiger partial charge in [0.05, 0.1) is 32.0 Å². The Morgan fingerprint density at radius 1 is 1.10 bits per heavy atom. The molecule has 1 aliphatic heterocycles. The molecule has 2 rings (SSSR count). The standard InChI is InChI=1S/C26H44N5O9P/c1-4-6-7-8-9-10-11-12-13-14-15-37-41(35,39-19-24(32)36-5-2)38-18-22-21(29-30-27)16-23(40-22)31-17-20(3)25(33)28-26(31)34/h17,21-23H,4-16,18-19H2,1-3H3,(H,28,33,34)/t21-,22+,23+,41?/m0/s1. The van der Waals surface area contributed by atoms with Gasteiger partial charge in [-0.05, 0) is 25.8 Å². The second-order valence-corrected chi connectivity index (χ2v) is 11.6. The summed E-state index contributed by atoms with van der Waals surface area (Å²) in [7, 11) is -4.22. The minimum Gasteiger partial charge on any atom is -0.464 e. The number of ether oxygens (including phenoxy) is 2. The van der Waals surface area contributed by atoms with Gasteiger partial charge in [-0.25, -0.2) is 14.2 Å². The van der Waals surface area contributed by atoms with E-state index in [-0.39, 0.29) is 26.2 Å². The van der Waals surface area contributed by atoms with Crippen LogP contribution in [-0.2, 0) is 32.4 Å². The van der Waals surface area contributed by atoms with E-state index >= 15 is 0 Å². The molecular formula is C26H44N5O9P. The Balaban J connectivity index is 1.94. The third-order valence-electron chi connectivity index (χ3n) is 6.65. The molecule has 2 heterocycles. The first-order chi connectivity index (χ1) is 19.7. The van der Waals surface area contributed by atoms with Gasteiger partial charge in [0.1, 0.15) is 6.23 Å². The summed E-state index contributed by atoms with van der Waals surface area (Å²) in [6.45, 7) is 4.59. The third kappa shape index (κ3) is 12.5. The number of phosphoric ester groups is 1. The number of carbonyl (C=O) groups excluding carboxylic acids is 1. The van der Waals surface area contributed by atoms with Crippen LogP contribution in [0.3, 0.4) is 0 Å². The van der Waals surface area contributed by atoms with Crippen LogP contribution in [0, 0.1) is 6.92 Å². The average Bonchev–Trinajstić information content (AvgIpc) is 3.34. The molecule has 232 valence electrons. The largest absolute Gasteiger partial charge is 0.475 e. The molecule has 1 saturated heterocycles. The molecule has 0 radical (unpaired) electrons.